The van der Waals surface area contributed by atoms with Crippen molar-refractivity contribution in [2.75, 3.05) is 23.0 Å². The summed E-state index contributed by atoms with van der Waals surface area (Å²) >= 11 is 0. The number of anilines is 2. The molecule has 4 atom stereocenters. The first-order chi connectivity index (χ1) is 17.3. The zero-order valence-corrected chi connectivity index (χ0v) is 19.1. The van der Waals surface area contributed by atoms with Crippen molar-refractivity contribution >= 4 is 58.4 Å². The lowest BCUT2D eigenvalue weighted by atomic mass is 9.99. The zero-order valence-electron chi connectivity index (χ0n) is 19.1. The molecule has 0 aromatic heterocycles. The Labute approximate surface area is 203 Å². The summed E-state index contributed by atoms with van der Waals surface area (Å²) in [6.07, 6.45) is 0. The van der Waals surface area contributed by atoms with Crippen molar-refractivity contribution in [3.8, 4) is 0 Å². The minimum Gasteiger partial charge on any atom is -0.461 e. The molecule has 1 aromatic carbocycles. The number of carbonyl (C=O) groups excluding carboxylic acids is 6. The van der Waals surface area contributed by atoms with Crippen molar-refractivity contribution in [3.05, 3.63) is 24.3 Å². The van der Waals surface area contributed by atoms with E-state index in [4.69, 9.17) is 9.47 Å². The van der Waals surface area contributed by atoms with Crippen LogP contribution < -0.4 is 20.7 Å². The van der Waals surface area contributed by atoms with Crippen molar-refractivity contribution in [1.82, 2.24) is 10.9 Å². The van der Waals surface area contributed by atoms with Crippen LogP contribution in [0.4, 0.5) is 11.4 Å². The molecule has 0 bridgehead atoms. The lowest BCUT2D eigenvalue weighted by Crippen LogP contribution is -2.37. The first-order valence-corrected chi connectivity index (χ1v) is 11.2. The van der Waals surface area contributed by atoms with E-state index in [2.05, 4.69) is 21.1 Å². The van der Waals surface area contributed by atoms with Gasteiger partial charge in [-0.25, -0.2) is 19.4 Å². The van der Waals surface area contributed by atoms with Gasteiger partial charge in [0.15, 0.2) is 11.4 Å². The van der Waals surface area contributed by atoms with Gasteiger partial charge in [-0.1, -0.05) is 6.07 Å². The van der Waals surface area contributed by atoms with Crippen molar-refractivity contribution in [2.24, 2.45) is 22.0 Å². The molecule has 0 radical (unpaired) electrons. The third kappa shape index (κ3) is 3.25. The highest BCUT2D eigenvalue weighted by molar-refractivity contribution is 6.47. The molecule has 0 unspecified atom stereocenters. The summed E-state index contributed by atoms with van der Waals surface area (Å²) in [6, 6.07) is 3.55. The molecule has 4 amide bonds. The number of fused-ring (bicyclic) bond motifs is 2. The summed E-state index contributed by atoms with van der Waals surface area (Å²) in [7, 11) is 0. The predicted octanol–water partition coefficient (Wildman–Crippen LogP) is -1.55. The molecule has 36 heavy (non-hydrogen) atoms. The second-order valence-corrected chi connectivity index (χ2v) is 8.15. The number of imide groups is 2. The highest BCUT2D eigenvalue weighted by atomic mass is 16.5. The van der Waals surface area contributed by atoms with Crippen LogP contribution in [-0.2, 0) is 38.2 Å². The van der Waals surface area contributed by atoms with Gasteiger partial charge in [0.25, 0.3) is 11.8 Å². The van der Waals surface area contributed by atoms with E-state index in [0.717, 1.165) is 9.80 Å². The van der Waals surface area contributed by atoms with E-state index in [1.54, 1.807) is 13.8 Å². The number of hydrogen-bond acceptors (Lipinski definition) is 12. The maximum absolute atomic E-state index is 13.2. The smallest absolute Gasteiger partial charge is 0.355 e. The summed E-state index contributed by atoms with van der Waals surface area (Å²) in [5.74, 6) is -6.65. The van der Waals surface area contributed by atoms with Crippen LogP contribution in [0.25, 0.3) is 0 Å². The van der Waals surface area contributed by atoms with E-state index < -0.39 is 59.5 Å². The standard InChI is InChI=1S/C22H20N6O8/c1-3-35-21(33)15-11-13(23-25-15)19(31)27(17(11)29)9-6-5-7-10(8-9)28-18(30)12-14(20(28)32)24-26-16(12)22(34)36-4-2/h5-8,11-14,23-24H,3-4H2,1-2H3/t11-,12+,13-,14-/m0/s1. The van der Waals surface area contributed by atoms with Crippen LogP contribution in [0, 0.1) is 11.8 Å². The lowest BCUT2D eigenvalue weighted by Gasteiger charge is -2.20. The van der Waals surface area contributed by atoms with Crippen molar-refractivity contribution < 1.29 is 38.2 Å². The summed E-state index contributed by atoms with van der Waals surface area (Å²) < 4.78 is 9.85. The molecule has 14 nitrogen and oxygen atoms in total. The number of hydrazone groups is 2. The van der Waals surface area contributed by atoms with Gasteiger partial charge in [-0.15, -0.1) is 0 Å². The summed E-state index contributed by atoms with van der Waals surface area (Å²) in [5.41, 5.74) is 4.81. The van der Waals surface area contributed by atoms with Gasteiger partial charge in [0.05, 0.1) is 24.6 Å². The monoisotopic (exact) mass is 496 g/mol. The average molecular weight is 496 g/mol. The fourth-order valence-corrected chi connectivity index (χ4v) is 4.61. The molecule has 1 aromatic rings. The van der Waals surface area contributed by atoms with Crippen LogP contribution in [0.5, 0.6) is 0 Å². The predicted molar refractivity (Wildman–Crippen MR) is 120 cm³/mol. The highest BCUT2D eigenvalue weighted by Crippen LogP contribution is 2.35. The molecule has 0 aliphatic carbocycles. The SMILES string of the molecule is CCOC(=O)C1=NN[C@@H]2C(=O)N(c3cccc(N4C(=O)[C@H]5C(C(=O)OCC)=NN[C@@H]5C4=O)c3)C(=O)[C@H]12. The van der Waals surface area contributed by atoms with E-state index in [1.165, 1.54) is 24.3 Å². The Hall–Kier alpha value is -4.62. The van der Waals surface area contributed by atoms with Gasteiger partial charge in [0.2, 0.25) is 11.8 Å². The van der Waals surface area contributed by atoms with E-state index >= 15 is 0 Å². The normalized spacial score (nSPS) is 26.3. The summed E-state index contributed by atoms with van der Waals surface area (Å²) in [4.78, 5) is 78.5. The number of benzene rings is 1. The fourth-order valence-electron chi connectivity index (χ4n) is 4.61. The quantitative estimate of drug-likeness (QED) is 0.346. The van der Waals surface area contributed by atoms with Gasteiger partial charge in [0.1, 0.15) is 23.9 Å². The number of carbonyl (C=O) groups is 6. The van der Waals surface area contributed by atoms with Gasteiger partial charge < -0.3 is 9.47 Å². The zero-order chi connectivity index (χ0) is 25.7. The molecule has 14 heteroatoms. The Kier molecular flexibility index (Phi) is 5.50. The first kappa shape index (κ1) is 23.1. The summed E-state index contributed by atoms with van der Waals surface area (Å²) in [5, 5.41) is 7.61. The molecule has 186 valence electrons. The van der Waals surface area contributed by atoms with Crippen molar-refractivity contribution in [2.45, 2.75) is 25.9 Å². The number of esters is 2. The Balaban J connectivity index is 1.42. The number of amides is 4. The molecule has 0 spiro atoms. The van der Waals surface area contributed by atoms with E-state index in [1.807, 2.05) is 0 Å². The van der Waals surface area contributed by atoms with Gasteiger partial charge in [-0.2, -0.15) is 10.2 Å². The van der Waals surface area contributed by atoms with E-state index in [9.17, 15) is 28.8 Å². The number of nitrogens with zero attached hydrogens (tertiary/aromatic N) is 4. The maximum Gasteiger partial charge on any atom is 0.355 e. The third-order valence-corrected chi connectivity index (χ3v) is 6.17. The molecular formula is C22H20N6O8. The number of hydrogen-bond donors (Lipinski definition) is 2. The first-order valence-electron chi connectivity index (χ1n) is 11.2. The van der Waals surface area contributed by atoms with E-state index in [0.29, 0.717) is 0 Å². The second-order valence-electron chi connectivity index (χ2n) is 8.15. The van der Waals surface area contributed by atoms with Gasteiger partial charge in [-0.3, -0.25) is 30.0 Å². The molecule has 2 N–H and O–H groups in total. The Bertz CT molecular complexity index is 1200. The molecule has 4 aliphatic heterocycles. The number of rotatable bonds is 6. The molecule has 2 fully saturated rings. The topological polar surface area (TPSA) is 176 Å². The van der Waals surface area contributed by atoms with Crippen LogP contribution in [-0.4, -0.2) is 72.3 Å². The van der Waals surface area contributed by atoms with Crippen LogP contribution in [0.3, 0.4) is 0 Å². The number of nitrogens with one attached hydrogen (secondary N) is 2. The minimum atomic E-state index is -1.16. The summed E-state index contributed by atoms with van der Waals surface area (Å²) in [6.45, 7) is 3.34. The van der Waals surface area contributed by atoms with Crippen molar-refractivity contribution in [1.29, 1.82) is 0 Å². The van der Waals surface area contributed by atoms with Gasteiger partial charge in [0, 0.05) is 0 Å². The number of ether oxygens (including phenoxy) is 2. The van der Waals surface area contributed by atoms with Crippen molar-refractivity contribution in [3.63, 3.8) is 0 Å². The van der Waals surface area contributed by atoms with E-state index in [-0.39, 0.29) is 36.0 Å². The Morgan fingerprint density at radius 3 is 1.58 bits per heavy atom. The van der Waals surface area contributed by atoms with Crippen LogP contribution in [0.15, 0.2) is 34.5 Å². The molecule has 4 aliphatic rings. The molecule has 2 saturated heterocycles. The minimum absolute atomic E-state index is 0.0699. The molecular weight excluding hydrogens is 476 g/mol. The third-order valence-electron chi connectivity index (χ3n) is 6.17. The van der Waals surface area contributed by atoms with Crippen LogP contribution in [0.1, 0.15) is 13.8 Å². The van der Waals surface area contributed by atoms with Crippen LogP contribution in [0.2, 0.25) is 0 Å². The Morgan fingerprint density at radius 2 is 1.19 bits per heavy atom. The fraction of sp³-hybridized carbons (Fsp3) is 0.364. The molecule has 4 heterocycles. The molecule has 0 saturated carbocycles. The average Bonchev–Trinajstić information content (AvgIpc) is 3.59. The molecule has 5 rings (SSSR count). The largest absolute Gasteiger partial charge is 0.461 e. The van der Waals surface area contributed by atoms with Crippen LogP contribution >= 0.6 is 0 Å². The van der Waals surface area contributed by atoms with Gasteiger partial charge in [-0.05, 0) is 32.0 Å². The van der Waals surface area contributed by atoms with Gasteiger partial charge >= 0.3 is 11.9 Å². The Morgan fingerprint density at radius 1 is 0.778 bits per heavy atom. The maximum atomic E-state index is 13.2. The lowest BCUT2D eigenvalue weighted by molar-refractivity contribution is -0.136. The second kappa shape index (κ2) is 8.55. The highest BCUT2D eigenvalue weighted by Gasteiger charge is 2.57.